The molecule has 0 saturated carbocycles. The van der Waals surface area contributed by atoms with E-state index in [0.717, 1.165) is 56.4 Å². The van der Waals surface area contributed by atoms with E-state index in [1.807, 2.05) is 6.07 Å². The Morgan fingerprint density at radius 3 is 2.14 bits per heavy atom. The van der Waals surface area contributed by atoms with Gasteiger partial charge in [0.2, 0.25) is 5.95 Å². The Hall–Kier alpha value is -3.66. The number of hydrogen-bond donors (Lipinski definition) is 1. The van der Waals surface area contributed by atoms with E-state index in [1.165, 1.54) is 37.8 Å². The monoisotopic (exact) mass is 520 g/mol. The maximum Gasteiger partial charge on any atom is 0.339 e. The predicted octanol–water partition coefficient (Wildman–Crippen LogP) is 4.67. The number of nitrogens with one attached hydrogen (secondary N) is 1. The number of piperidine rings is 2. The molecule has 2 fully saturated rings. The van der Waals surface area contributed by atoms with Crippen LogP contribution in [0.25, 0.3) is 0 Å². The van der Waals surface area contributed by atoms with E-state index in [2.05, 4.69) is 20.3 Å². The fourth-order valence-electron chi connectivity index (χ4n) is 4.54. The van der Waals surface area contributed by atoms with Crippen LogP contribution in [0, 0.1) is 0 Å². The van der Waals surface area contributed by atoms with Gasteiger partial charge in [0, 0.05) is 32.2 Å². The number of hydrogen-bond acceptors (Lipinski definition) is 9. The Morgan fingerprint density at radius 2 is 1.46 bits per heavy atom. The van der Waals surface area contributed by atoms with Gasteiger partial charge in [0.15, 0.2) is 5.82 Å². The zero-order chi connectivity index (χ0) is 25.5. The molecule has 2 saturated heterocycles. The summed E-state index contributed by atoms with van der Waals surface area (Å²) >= 11 is 0. The van der Waals surface area contributed by atoms with Gasteiger partial charge in [0.05, 0.1) is 6.21 Å². The minimum Gasteiger partial charge on any atom is -0.379 e. The van der Waals surface area contributed by atoms with Gasteiger partial charge in [-0.15, -0.1) is 0 Å². The third-order valence-corrected chi connectivity index (χ3v) is 7.79. The third kappa shape index (κ3) is 6.56. The second-order valence-electron chi connectivity index (χ2n) is 9.30. The normalized spacial score (nSPS) is 16.6. The summed E-state index contributed by atoms with van der Waals surface area (Å²) in [7, 11) is -3.87. The molecule has 0 spiro atoms. The lowest BCUT2D eigenvalue weighted by Gasteiger charge is -2.31. The van der Waals surface area contributed by atoms with Gasteiger partial charge >= 0.3 is 10.1 Å². The fraction of sp³-hybridized carbons (Fsp3) is 0.370. The van der Waals surface area contributed by atoms with E-state index in [9.17, 15) is 8.42 Å². The molecule has 3 aromatic rings. The summed E-state index contributed by atoms with van der Waals surface area (Å²) in [5.74, 6) is 2.58. The molecule has 0 atom stereocenters. The van der Waals surface area contributed by atoms with Crippen molar-refractivity contribution >= 4 is 33.9 Å². The van der Waals surface area contributed by atoms with Crippen LogP contribution in [0.5, 0.6) is 5.75 Å². The molecule has 9 nitrogen and oxygen atoms in total. The van der Waals surface area contributed by atoms with Gasteiger partial charge in [0.1, 0.15) is 16.5 Å². The van der Waals surface area contributed by atoms with Crippen LogP contribution in [0.4, 0.5) is 17.6 Å². The molecule has 2 aromatic carbocycles. The molecule has 2 aliphatic heterocycles. The molecule has 37 heavy (non-hydrogen) atoms. The predicted molar refractivity (Wildman–Crippen MR) is 146 cm³/mol. The molecule has 0 amide bonds. The summed E-state index contributed by atoms with van der Waals surface area (Å²) in [6, 6.07) is 16.7. The molecule has 0 unspecified atom stereocenters. The van der Waals surface area contributed by atoms with Crippen molar-refractivity contribution in [1.82, 2.24) is 9.97 Å². The number of nitrogens with zero attached hydrogens (tertiary/aromatic N) is 5. The Morgan fingerprint density at radius 1 is 0.811 bits per heavy atom. The van der Waals surface area contributed by atoms with E-state index >= 15 is 0 Å². The maximum absolute atomic E-state index is 12.4. The molecular weight excluding hydrogens is 488 g/mol. The van der Waals surface area contributed by atoms with Crippen molar-refractivity contribution in [3.05, 3.63) is 66.2 Å². The van der Waals surface area contributed by atoms with E-state index in [1.54, 1.807) is 48.7 Å². The Bertz CT molecular complexity index is 1270. The lowest BCUT2D eigenvalue weighted by molar-refractivity contribution is 0.486. The van der Waals surface area contributed by atoms with E-state index in [0.29, 0.717) is 5.82 Å². The molecule has 194 valence electrons. The Labute approximate surface area is 218 Å². The fourth-order valence-corrected chi connectivity index (χ4v) is 5.50. The van der Waals surface area contributed by atoms with Gasteiger partial charge in [-0.05, 0) is 80.5 Å². The second kappa shape index (κ2) is 11.6. The number of anilines is 3. The summed E-state index contributed by atoms with van der Waals surface area (Å²) in [4.78, 5) is 14.3. The largest absolute Gasteiger partial charge is 0.379 e. The lowest BCUT2D eigenvalue weighted by Crippen LogP contribution is -2.33. The molecule has 3 heterocycles. The van der Waals surface area contributed by atoms with Crippen LogP contribution < -0.4 is 19.4 Å². The first-order chi connectivity index (χ1) is 18.1. The highest BCUT2D eigenvalue weighted by Crippen LogP contribution is 2.25. The van der Waals surface area contributed by atoms with E-state index in [4.69, 9.17) is 14.2 Å². The molecule has 1 aromatic heterocycles. The lowest BCUT2D eigenvalue weighted by atomic mass is 10.1. The molecule has 1 N–H and O–H groups in total. The molecule has 2 aliphatic rings. The van der Waals surface area contributed by atoms with Gasteiger partial charge < -0.3 is 14.0 Å². The number of hydrazone groups is 1. The highest BCUT2D eigenvalue weighted by atomic mass is 32.2. The number of benzene rings is 2. The van der Waals surface area contributed by atoms with Crippen LogP contribution in [0.15, 0.2) is 70.7 Å². The quantitative estimate of drug-likeness (QED) is 0.260. The summed E-state index contributed by atoms with van der Waals surface area (Å²) < 4.78 is 30.1. The number of aromatic nitrogens is 2. The van der Waals surface area contributed by atoms with Crippen LogP contribution in [0.3, 0.4) is 0 Å². The molecule has 5 rings (SSSR count). The standard InChI is InChI=1S/C27H32N6O3S/c34-37(35,24-10-4-1-5-11-24)36-23-14-12-22(13-15-23)21-28-31-25-20-26(32-16-6-2-7-17-32)30-27(29-25)33-18-8-3-9-19-33/h1,4-5,10-15,20-21H,2-3,6-9,16-19H2,(H,29,30,31)/b28-21-. The van der Waals surface area contributed by atoms with Crippen LogP contribution in [0.1, 0.15) is 44.1 Å². The van der Waals surface area contributed by atoms with Crippen LogP contribution in [-0.2, 0) is 10.1 Å². The zero-order valence-electron chi connectivity index (χ0n) is 20.8. The van der Waals surface area contributed by atoms with Crippen LogP contribution in [0.2, 0.25) is 0 Å². The van der Waals surface area contributed by atoms with Crippen molar-refractivity contribution in [1.29, 1.82) is 0 Å². The summed E-state index contributed by atoms with van der Waals surface area (Å²) in [6.07, 6.45) is 8.85. The minimum absolute atomic E-state index is 0.113. The first kappa shape index (κ1) is 25.0. The van der Waals surface area contributed by atoms with E-state index < -0.39 is 10.1 Å². The number of rotatable bonds is 8. The third-order valence-electron chi connectivity index (χ3n) is 6.53. The smallest absolute Gasteiger partial charge is 0.339 e. The second-order valence-corrected chi connectivity index (χ2v) is 10.8. The van der Waals surface area contributed by atoms with Gasteiger partial charge in [0.25, 0.3) is 0 Å². The zero-order valence-corrected chi connectivity index (χ0v) is 21.6. The van der Waals surface area contributed by atoms with Crippen LogP contribution in [-0.4, -0.2) is 50.8 Å². The van der Waals surface area contributed by atoms with Crippen molar-refractivity contribution in [2.24, 2.45) is 5.10 Å². The maximum atomic E-state index is 12.4. The molecule has 0 radical (unpaired) electrons. The van der Waals surface area contributed by atoms with Crippen LogP contribution >= 0.6 is 0 Å². The van der Waals surface area contributed by atoms with Gasteiger partial charge in [-0.3, -0.25) is 5.43 Å². The molecule has 0 bridgehead atoms. The summed E-state index contributed by atoms with van der Waals surface area (Å²) in [5.41, 5.74) is 3.85. The topological polar surface area (TPSA) is 100 Å². The SMILES string of the molecule is O=S(=O)(Oc1ccc(/C=N\Nc2cc(N3CCCCC3)nc(N3CCCCC3)n2)cc1)c1ccccc1. The van der Waals surface area contributed by atoms with Crippen molar-refractivity contribution in [2.75, 3.05) is 41.4 Å². The van der Waals surface area contributed by atoms with Gasteiger partial charge in [-0.1, -0.05) is 18.2 Å². The minimum atomic E-state index is -3.87. The van der Waals surface area contributed by atoms with Gasteiger partial charge in [-0.25, -0.2) is 0 Å². The molecule has 10 heteroatoms. The first-order valence-corrected chi connectivity index (χ1v) is 14.3. The van der Waals surface area contributed by atoms with E-state index in [-0.39, 0.29) is 10.6 Å². The molecule has 0 aliphatic carbocycles. The summed E-state index contributed by atoms with van der Waals surface area (Å²) in [6.45, 7) is 3.96. The summed E-state index contributed by atoms with van der Waals surface area (Å²) in [5, 5.41) is 4.37. The van der Waals surface area contributed by atoms with Crippen molar-refractivity contribution < 1.29 is 12.6 Å². The Kier molecular flexibility index (Phi) is 7.84. The van der Waals surface area contributed by atoms with Crippen molar-refractivity contribution in [3.8, 4) is 5.75 Å². The highest BCUT2D eigenvalue weighted by molar-refractivity contribution is 7.87. The average molecular weight is 521 g/mol. The van der Waals surface area contributed by atoms with Gasteiger partial charge in [-0.2, -0.15) is 23.5 Å². The molecular formula is C27H32N6O3S. The Balaban J connectivity index is 1.27. The first-order valence-electron chi connectivity index (χ1n) is 12.8. The van der Waals surface area contributed by atoms with Crippen molar-refractivity contribution in [2.45, 2.75) is 43.4 Å². The highest BCUT2D eigenvalue weighted by Gasteiger charge is 2.19. The van der Waals surface area contributed by atoms with Crippen molar-refractivity contribution in [3.63, 3.8) is 0 Å². The average Bonchev–Trinajstić information content (AvgIpc) is 2.95.